The van der Waals surface area contributed by atoms with Gasteiger partial charge in [-0.2, -0.15) is 17.0 Å². The van der Waals surface area contributed by atoms with Crippen LogP contribution in [0.3, 0.4) is 0 Å². The van der Waals surface area contributed by atoms with Crippen LogP contribution >= 0.6 is 11.6 Å². The van der Waals surface area contributed by atoms with Crippen molar-refractivity contribution >= 4 is 21.8 Å². The molecule has 1 fully saturated rings. The molecular formula is C11H23ClN2O3S. The second-order valence-corrected chi connectivity index (χ2v) is 7.12. The first-order valence-electron chi connectivity index (χ1n) is 6.21. The Balaban J connectivity index is 2.64. The van der Waals surface area contributed by atoms with Crippen LogP contribution in [-0.4, -0.2) is 62.8 Å². The fourth-order valence-corrected chi connectivity index (χ4v) is 3.91. The van der Waals surface area contributed by atoms with Crippen molar-refractivity contribution in [2.45, 2.75) is 25.8 Å². The van der Waals surface area contributed by atoms with Crippen molar-refractivity contribution in [1.29, 1.82) is 0 Å². The van der Waals surface area contributed by atoms with Crippen LogP contribution < -0.4 is 0 Å². The molecule has 1 unspecified atom stereocenters. The summed E-state index contributed by atoms with van der Waals surface area (Å²) >= 11 is 5.80. The lowest BCUT2D eigenvalue weighted by Gasteiger charge is -2.35. The first kappa shape index (κ1) is 16.2. The summed E-state index contributed by atoms with van der Waals surface area (Å²) in [6.45, 7) is 3.36. The smallest absolute Gasteiger partial charge is 0.282 e. The van der Waals surface area contributed by atoms with E-state index in [0.29, 0.717) is 31.5 Å². The molecule has 0 saturated carbocycles. The molecule has 0 aromatic rings. The minimum atomic E-state index is -3.37. The van der Waals surface area contributed by atoms with Crippen LogP contribution in [0.1, 0.15) is 19.8 Å². The summed E-state index contributed by atoms with van der Waals surface area (Å²) in [6.07, 6.45) is 1.68. The quantitative estimate of drug-likeness (QED) is 0.691. The predicted molar refractivity (Wildman–Crippen MR) is 73.0 cm³/mol. The van der Waals surface area contributed by atoms with Gasteiger partial charge in [-0.15, -0.1) is 11.6 Å². The first-order valence-corrected chi connectivity index (χ1v) is 8.14. The highest BCUT2D eigenvalue weighted by molar-refractivity contribution is 7.86. The summed E-state index contributed by atoms with van der Waals surface area (Å²) in [5.41, 5.74) is 0. The van der Waals surface area contributed by atoms with Crippen molar-refractivity contribution in [3.05, 3.63) is 0 Å². The normalized spacial score (nSPS) is 21.4. The number of hydrogen-bond donors (Lipinski definition) is 0. The highest BCUT2D eigenvalue weighted by atomic mass is 35.5. The number of nitrogens with zero attached hydrogens (tertiary/aromatic N) is 2. The van der Waals surface area contributed by atoms with Crippen molar-refractivity contribution < 1.29 is 13.2 Å². The molecule has 18 heavy (non-hydrogen) atoms. The SMILES string of the molecule is COCC(C)N(C)S(=O)(=O)N1CCC(CCl)CC1. The summed E-state index contributed by atoms with van der Waals surface area (Å²) in [6, 6.07) is -0.161. The molecule has 0 aliphatic carbocycles. The number of ether oxygens (including phenoxy) is 1. The summed E-state index contributed by atoms with van der Waals surface area (Å²) in [5.74, 6) is 1.06. The molecule has 1 heterocycles. The molecule has 1 aliphatic heterocycles. The number of methoxy groups -OCH3 is 1. The van der Waals surface area contributed by atoms with Gasteiger partial charge in [-0.1, -0.05) is 0 Å². The maximum Gasteiger partial charge on any atom is 0.282 e. The van der Waals surface area contributed by atoms with Gasteiger partial charge in [-0.25, -0.2) is 0 Å². The molecule has 0 amide bonds. The Hall–Kier alpha value is 0.120. The Labute approximate surface area is 115 Å². The summed E-state index contributed by atoms with van der Waals surface area (Å²) < 4.78 is 32.7. The average Bonchev–Trinajstić information content (AvgIpc) is 2.38. The van der Waals surface area contributed by atoms with E-state index in [0.717, 1.165) is 12.8 Å². The number of alkyl halides is 1. The van der Waals surface area contributed by atoms with Gasteiger partial charge in [0.05, 0.1) is 6.61 Å². The summed E-state index contributed by atoms with van der Waals surface area (Å²) in [4.78, 5) is 0. The maximum atomic E-state index is 12.4. The Morgan fingerprint density at radius 1 is 1.44 bits per heavy atom. The highest BCUT2D eigenvalue weighted by Gasteiger charge is 2.32. The van der Waals surface area contributed by atoms with Gasteiger partial charge in [0, 0.05) is 39.2 Å². The van der Waals surface area contributed by atoms with Crippen molar-refractivity contribution in [1.82, 2.24) is 8.61 Å². The lowest BCUT2D eigenvalue weighted by atomic mass is 10.0. The molecule has 0 aromatic carbocycles. The largest absolute Gasteiger partial charge is 0.383 e. The minimum absolute atomic E-state index is 0.161. The molecule has 1 aliphatic rings. The Morgan fingerprint density at radius 2 is 2.00 bits per heavy atom. The van der Waals surface area contributed by atoms with Gasteiger partial charge >= 0.3 is 0 Å². The fourth-order valence-electron chi connectivity index (χ4n) is 2.05. The molecule has 0 radical (unpaired) electrons. The second kappa shape index (κ2) is 7.05. The first-order chi connectivity index (χ1) is 8.43. The number of rotatable bonds is 6. The van der Waals surface area contributed by atoms with Gasteiger partial charge in [-0.05, 0) is 25.7 Å². The third kappa shape index (κ3) is 3.81. The van der Waals surface area contributed by atoms with Crippen molar-refractivity contribution in [2.75, 3.05) is 39.7 Å². The maximum absolute atomic E-state index is 12.4. The molecule has 1 saturated heterocycles. The average molecular weight is 299 g/mol. The van der Waals surface area contributed by atoms with E-state index in [2.05, 4.69) is 0 Å². The van der Waals surface area contributed by atoms with Crippen molar-refractivity contribution in [3.8, 4) is 0 Å². The molecule has 0 spiro atoms. The van der Waals surface area contributed by atoms with Crippen molar-refractivity contribution in [2.24, 2.45) is 5.92 Å². The van der Waals surface area contributed by atoms with Gasteiger partial charge in [0.15, 0.2) is 0 Å². The van der Waals surface area contributed by atoms with Gasteiger partial charge in [0.2, 0.25) is 0 Å². The van der Waals surface area contributed by atoms with E-state index >= 15 is 0 Å². The van der Waals surface area contributed by atoms with E-state index in [1.54, 1.807) is 18.5 Å². The van der Waals surface area contributed by atoms with Crippen LogP contribution in [-0.2, 0) is 14.9 Å². The van der Waals surface area contributed by atoms with Crippen LogP contribution in [0.15, 0.2) is 0 Å². The van der Waals surface area contributed by atoms with E-state index < -0.39 is 10.2 Å². The van der Waals surface area contributed by atoms with E-state index in [9.17, 15) is 8.42 Å². The minimum Gasteiger partial charge on any atom is -0.383 e. The highest BCUT2D eigenvalue weighted by Crippen LogP contribution is 2.22. The Bertz CT molecular complexity index is 342. The van der Waals surface area contributed by atoms with E-state index in [4.69, 9.17) is 16.3 Å². The molecule has 7 heteroatoms. The van der Waals surface area contributed by atoms with Gasteiger partial charge < -0.3 is 4.74 Å². The monoisotopic (exact) mass is 298 g/mol. The third-order valence-electron chi connectivity index (χ3n) is 3.51. The number of piperidine rings is 1. The predicted octanol–water partition coefficient (Wildman–Crippen LogP) is 1.15. The van der Waals surface area contributed by atoms with E-state index in [1.807, 2.05) is 6.92 Å². The number of hydrogen-bond acceptors (Lipinski definition) is 3. The molecule has 0 N–H and O–H groups in total. The third-order valence-corrected chi connectivity index (χ3v) is 6.05. The lowest BCUT2D eigenvalue weighted by molar-refractivity contribution is 0.144. The zero-order chi connectivity index (χ0) is 13.8. The van der Waals surface area contributed by atoms with Crippen LogP contribution in [0.4, 0.5) is 0 Å². The zero-order valence-corrected chi connectivity index (χ0v) is 12.9. The molecular weight excluding hydrogens is 276 g/mol. The van der Waals surface area contributed by atoms with Crippen molar-refractivity contribution in [3.63, 3.8) is 0 Å². The molecule has 0 aromatic heterocycles. The molecule has 108 valence electrons. The van der Waals surface area contributed by atoms with E-state index in [-0.39, 0.29) is 6.04 Å². The Kier molecular flexibility index (Phi) is 6.34. The molecule has 0 bridgehead atoms. The summed E-state index contributed by atoms with van der Waals surface area (Å²) in [5, 5.41) is 0. The van der Waals surface area contributed by atoms with Crippen LogP contribution in [0.5, 0.6) is 0 Å². The summed E-state index contributed by atoms with van der Waals surface area (Å²) in [7, 11) is -0.195. The Morgan fingerprint density at radius 3 is 2.44 bits per heavy atom. The topological polar surface area (TPSA) is 49.9 Å². The number of halogens is 1. The number of likely N-dealkylation sites (N-methyl/N-ethyl adjacent to an activating group) is 1. The lowest BCUT2D eigenvalue weighted by Crippen LogP contribution is -2.49. The van der Waals surface area contributed by atoms with Gasteiger partial charge in [-0.3, -0.25) is 0 Å². The van der Waals surface area contributed by atoms with Crippen LogP contribution in [0, 0.1) is 5.92 Å². The van der Waals surface area contributed by atoms with E-state index in [1.165, 1.54) is 4.31 Å². The fraction of sp³-hybridized carbons (Fsp3) is 1.00. The second-order valence-electron chi connectivity index (χ2n) is 4.83. The van der Waals surface area contributed by atoms with Gasteiger partial charge in [0.1, 0.15) is 0 Å². The molecule has 1 atom stereocenters. The van der Waals surface area contributed by atoms with Crippen LogP contribution in [0.25, 0.3) is 0 Å². The van der Waals surface area contributed by atoms with Gasteiger partial charge in [0.25, 0.3) is 10.2 Å². The van der Waals surface area contributed by atoms with Crippen LogP contribution in [0.2, 0.25) is 0 Å². The molecule has 1 rings (SSSR count). The zero-order valence-electron chi connectivity index (χ0n) is 11.3. The molecule has 5 nitrogen and oxygen atoms in total. The standard InChI is InChI=1S/C11H23ClN2O3S/c1-10(9-17-3)13(2)18(15,16)14-6-4-11(8-12)5-7-14/h10-11H,4-9H2,1-3H3.